The zero-order chi connectivity index (χ0) is 18.0. The average Bonchev–Trinajstić information content (AvgIpc) is 2.89. The second-order valence-electron chi connectivity index (χ2n) is 4.78. The first kappa shape index (κ1) is 17.4. The predicted molar refractivity (Wildman–Crippen MR) is 92.5 cm³/mol. The van der Waals surface area contributed by atoms with Crippen LogP contribution in [0.4, 0.5) is 28.4 Å². The standard InChI is InChI=1S/C15H9F4N3OS2/c16-8-1-3-9(4-2-8)20-13(24)22-14-21-11-6-5-10(7-12(11)25-14)23-15(17,18)19/h1-7H,(H2,20,21,22,24). The normalized spacial score (nSPS) is 11.4. The van der Waals surface area contributed by atoms with Crippen molar-refractivity contribution in [2.75, 3.05) is 10.6 Å². The van der Waals surface area contributed by atoms with E-state index in [9.17, 15) is 17.6 Å². The molecule has 4 nitrogen and oxygen atoms in total. The number of nitrogens with one attached hydrogen (secondary N) is 2. The maximum atomic E-state index is 12.9. The summed E-state index contributed by atoms with van der Waals surface area (Å²) in [6.07, 6.45) is -4.75. The van der Waals surface area contributed by atoms with E-state index in [4.69, 9.17) is 12.2 Å². The zero-order valence-electron chi connectivity index (χ0n) is 12.2. The molecule has 0 aliphatic rings. The minimum absolute atomic E-state index is 0.220. The van der Waals surface area contributed by atoms with Gasteiger partial charge in [-0.3, -0.25) is 0 Å². The lowest BCUT2D eigenvalue weighted by molar-refractivity contribution is -0.274. The van der Waals surface area contributed by atoms with Crippen molar-refractivity contribution >= 4 is 49.7 Å². The molecule has 1 heterocycles. The third-order valence-corrected chi connectivity index (χ3v) is 4.05. The van der Waals surface area contributed by atoms with Crippen LogP contribution in [-0.4, -0.2) is 16.5 Å². The Bertz CT molecular complexity index is 909. The number of ether oxygens (including phenoxy) is 1. The molecule has 0 saturated heterocycles. The Labute approximate surface area is 148 Å². The summed E-state index contributed by atoms with van der Waals surface area (Å²) in [5, 5.41) is 6.31. The summed E-state index contributed by atoms with van der Waals surface area (Å²) in [4.78, 5) is 4.23. The van der Waals surface area contributed by atoms with Gasteiger partial charge >= 0.3 is 6.36 Å². The molecule has 130 valence electrons. The van der Waals surface area contributed by atoms with E-state index in [1.165, 1.54) is 42.5 Å². The molecule has 10 heteroatoms. The summed E-state index contributed by atoms with van der Waals surface area (Å²) in [5.41, 5.74) is 1.09. The number of benzene rings is 2. The molecule has 2 aromatic carbocycles. The van der Waals surface area contributed by atoms with Gasteiger partial charge in [0.2, 0.25) is 0 Å². The van der Waals surface area contributed by atoms with Gasteiger partial charge in [0.25, 0.3) is 0 Å². The lowest BCUT2D eigenvalue weighted by Gasteiger charge is -2.07. The highest BCUT2D eigenvalue weighted by Gasteiger charge is 2.31. The van der Waals surface area contributed by atoms with Gasteiger partial charge in [0, 0.05) is 11.8 Å². The number of rotatable bonds is 3. The summed E-state index contributed by atoms with van der Waals surface area (Å²) in [7, 11) is 0. The second kappa shape index (κ2) is 6.81. The lowest BCUT2D eigenvalue weighted by atomic mass is 10.3. The highest BCUT2D eigenvalue weighted by atomic mass is 32.1. The van der Waals surface area contributed by atoms with E-state index in [-0.39, 0.29) is 16.7 Å². The van der Waals surface area contributed by atoms with Crippen LogP contribution in [0.3, 0.4) is 0 Å². The Kier molecular flexibility index (Phi) is 4.73. The Balaban J connectivity index is 1.71. The van der Waals surface area contributed by atoms with Crippen LogP contribution in [0.5, 0.6) is 5.75 Å². The van der Waals surface area contributed by atoms with Crippen LogP contribution in [0.2, 0.25) is 0 Å². The topological polar surface area (TPSA) is 46.2 Å². The molecule has 3 aromatic rings. The average molecular weight is 387 g/mol. The SMILES string of the molecule is Fc1ccc(NC(=S)Nc2nc3ccc(OC(F)(F)F)cc3s2)cc1. The predicted octanol–water partition coefficient (Wildman–Crippen LogP) is 5.14. The van der Waals surface area contributed by atoms with E-state index < -0.39 is 6.36 Å². The van der Waals surface area contributed by atoms with Crippen molar-refractivity contribution in [2.45, 2.75) is 6.36 Å². The van der Waals surface area contributed by atoms with Crippen molar-refractivity contribution in [3.63, 3.8) is 0 Å². The highest BCUT2D eigenvalue weighted by Crippen LogP contribution is 2.31. The van der Waals surface area contributed by atoms with Gasteiger partial charge in [0.15, 0.2) is 10.2 Å². The number of anilines is 2. The van der Waals surface area contributed by atoms with E-state index in [0.29, 0.717) is 21.0 Å². The number of fused-ring (bicyclic) bond motifs is 1. The lowest BCUT2D eigenvalue weighted by Crippen LogP contribution is -2.18. The minimum Gasteiger partial charge on any atom is -0.406 e. The van der Waals surface area contributed by atoms with Gasteiger partial charge in [-0.1, -0.05) is 11.3 Å². The first-order valence-electron chi connectivity index (χ1n) is 6.78. The van der Waals surface area contributed by atoms with Gasteiger partial charge in [0.05, 0.1) is 10.2 Å². The Hall–Kier alpha value is -2.46. The maximum Gasteiger partial charge on any atom is 0.573 e. The molecule has 0 unspecified atom stereocenters. The monoisotopic (exact) mass is 387 g/mol. The molecular formula is C15H9F4N3OS2. The summed E-state index contributed by atoms with van der Waals surface area (Å²) < 4.78 is 54.0. The molecule has 2 N–H and O–H groups in total. The molecular weight excluding hydrogens is 378 g/mol. The van der Waals surface area contributed by atoms with Crippen molar-refractivity contribution in [3.05, 3.63) is 48.3 Å². The third kappa shape index (κ3) is 4.77. The van der Waals surface area contributed by atoms with Crippen LogP contribution >= 0.6 is 23.6 Å². The number of alkyl halides is 3. The van der Waals surface area contributed by atoms with E-state index >= 15 is 0 Å². The first-order valence-corrected chi connectivity index (χ1v) is 8.01. The van der Waals surface area contributed by atoms with Crippen LogP contribution in [0, 0.1) is 5.82 Å². The molecule has 0 aliphatic heterocycles. The zero-order valence-corrected chi connectivity index (χ0v) is 13.9. The maximum absolute atomic E-state index is 12.9. The Morgan fingerprint density at radius 2 is 1.80 bits per heavy atom. The summed E-state index contributed by atoms with van der Waals surface area (Å²) >= 11 is 6.25. The van der Waals surface area contributed by atoms with Crippen molar-refractivity contribution < 1.29 is 22.3 Å². The van der Waals surface area contributed by atoms with Gasteiger partial charge < -0.3 is 15.4 Å². The van der Waals surface area contributed by atoms with E-state index in [1.54, 1.807) is 0 Å². The quantitative estimate of drug-likeness (QED) is 0.481. The van der Waals surface area contributed by atoms with Gasteiger partial charge in [-0.15, -0.1) is 13.2 Å². The number of nitrogens with zero attached hydrogens (tertiary/aromatic N) is 1. The van der Waals surface area contributed by atoms with Gasteiger partial charge in [-0.05, 0) is 48.6 Å². The minimum atomic E-state index is -4.75. The number of halogens is 4. The largest absolute Gasteiger partial charge is 0.573 e. The van der Waals surface area contributed by atoms with Crippen LogP contribution < -0.4 is 15.4 Å². The number of aromatic nitrogens is 1. The number of hydrogen-bond donors (Lipinski definition) is 2. The molecule has 0 amide bonds. The van der Waals surface area contributed by atoms with Crippen LogP contribution in [-0.2, 0) is 0 Å². The third-order valence-electron chi connectivity index (χ3n) is 2.92. The molecule has 0 bridgehead atoms. The number of thiazole rings is 1. The van der Waals surface area contributed by atoms with Crippen molar-refractivity contribution in [2.24, 2.45) is 0 Å². The molecule has 0 fully saturated rings. The summed E-state index contributed by atoms with van der Waals surface area (Å²) in [5.74, 6) is -0.685. The molecule has 25 heavy (non-hydrogen) atoms. The number of thiocarbonyl (C=S) groups is 1. The Morgan fingerprint density at radius 1 is 1.08 bits per heavy atom. The van der Waals surface area contributed by atoms with Gasteiger partial charge in [0.1, 0.15) is 11.6 Å². The molecule has 3 rings (SSSR count). The highest BCUT2D eigenvalue weighted by molar-refractivity contribution is 7.80. The first-order chi connectivity index (χ1) is 11.8. The van der Waals surface area contributed by atoms with Crippen molar-refractivity contribution in [1.82, 2.24) is 4.98 Å². The molecule has 0 atom stereocenters. The van der Waals surface area contributed by atoms with Crippen LogP contribution in [0.1, 0.15) is 0 Å². The fourth-order valence-corrected chi connectivity index (χ4v) is 3.13. The summed E-state index contributed by atoms with van der Waals surface area (Å²) in [6, 6.07) is 9.46. The fraction of sp³-hybridized carbons (Fsp3) is 0.0667. The molecule has 0 radical (unpaired) electrons. The molecule has 0 aliphatic carbocycles. The summed E-state index contributed by atoms with van der Waals surface area (Å²) in [6.45, 7) is 0. The van der Waals surface area contributed by atoms with Crippen LogP contribution in [0.25, 0.3) is 10.2 Å². The smallest absolute Gasteiger partial charge is 0.406 e. The Morgan fingerprint density at radius 3 is 2.48 bits per heavy atom. The number of hydrogen-bond acceptors (Lipinski definition) is 4. The van der Waals surface area contributed by atoms with Crippen molar-refractivity contribution in [1.29, 1.82) is 0 Å². The van der Waals surface area contributed by atoms with Crippen LogP contribution in [0.15, 0.2) is 42.5 Å². The van der Waals surface area contributed by atoms with E-state index in [1.807, 2.05) is 0 Å². The molecule has 1 aromatic heterocycles. The van der Waals surface area contributed by atoms with Crippen molar-refractivity contribution in [3.8, 4) is 5.75 Å². The van der Waals surface area contributed by atoms with E-state index in [0.717, 1.165) is 11.3 Å². The van der Waals surface area contributed by atoms with E-state index in [2.05, 4.69) is 20.4 Å². The van der Waals surface area contributed by atoms with Gasteiger partial charge in [-0.2, -0.15) is 0 Å². The fourth-order valence-electron chi connectivity index (χ4n) is 1.95. The second-order valence-corrected chi connectivity index (χ2v) is 6.22. The molecule has 0 saturated carbocycles. The molecule has 0 spiro atoms. The van der Waals surface area contributed by atoms with Gasteiger partial charge in [-0.25, -0.2) is 9.37 Å².